The van der Waals surface area contributed by atoms with E-state index in [1.165, 1.54) is 5.56 Å². The second kappa shape index (κ2) is 9.20. The molecule has 1 aliphatic heterocycles. The Hall–Kier alpha value is -2.44. The molecule has 2 aliphatic rings. The fourth-order valence-corrected chi connectivity index (χ4v) is 5.64. The van der Waals surface area contributed by atoms with Crippen LogP contribution in [0.4, 0.5) is 10.5 Å². The molecule has 1 aliphatic carbocycles. The number of aryl methyl sites for hydroxylation is 1. The average molecular weight is 458 g/mol. The summed E-state index contributed by atoms with van der Waals surface area (Å²) >= 11 is 6.24. The predicted molar refractivity (Wildman–Crippen MR) is 128 cm³/mol. The maximum Gasteiger partial charge on any atom is 0.319 e. The zero-order chi connectivity index (χ0) is 22.9. The van der Waals surface area contributed by atoms with Gasteiger partial charge in [0.25, 0.3) is 0 Å². The van der Waals surface area contributed by atoms with E-state index < -0.39 is 0 Å². The van der Waals surface area contributed by atoms with Gasteiger partial charge in [-0.3, -0.25) is 0 Å². The molecule has 7 heteroatoms. The summed E-state index contributed by atoms with van der Waals surface area (Å²) in [6.07, 6.45) is 3.93. The third-order valence-electron chi connectivity index (χ3n) is 7.19. The number of benzene rings is 2. The Morgan fingerprint density at radius 1 is 1.12 bits per heavy atom. The number of amides is 2. The van der Waals surface area contributed by atoms with Crippen LogP contribution >= 0.6 is 11.6 Å². The van der Waals surface area contributed by atoms with Crippen molar-refractivity contribution in [1.29, 1.82) is 0 Å². The lowest BCUT2D eigenvalue weighted by atomic mass is 9.65. The van der Waals surface area contributed by atoms with E-state index in [4.69, 9.17) is 21.1 Å². The van der Waals surface area contributed by atoms with Crippen molar-refractivity contribution >= 4 is 23.3 Å². The molecule has 2 fully saturated rings. The van der Waals surface area contributed by atoms with E-state index in [0.717, 1.165) is 49.3 Å². The standard InChI is InChI=1S/C25H32ClN3O3/c1-16-5-7-19(26)20(13-16)28-24(30)27-18-9-10-25(11-12-29(2)23(25)15-18)17-6-8-21(31-3)22(14-17)32-4/h5-8,13-14,18,23H,9-12,15H2,1-4H3,(H2,27,28,30)/t18-,23+,25+/m1/s1. The van der Waals surface area contributed by atoms with E-state index in [2.05, 4.69) is 34.7 Å². The summed E-state index contributed by atoms with van der Waals surface area (Å²) in [4.78, 5) is 15.1. The van der Waals surface area contributed by atoms with Gasteiger partial charge in [-0.2, -0.15) is 0 Å². The van der Waals surface area contributed by atoms with Gasteiger partial charge in [-0.05, 0) is 81.6 Å². The van der Waals surface area contributed by atoms with Crippen LogP contribution in [0, 0.1) is 6.92 Å². The number of anilines is 1. The molecule has 1 saturated carbocycles. The lowest BCUT2D eigenvalue weighted by Crippen LogP contribution is -2.52. The highest BCUT2D eigenvalue weighted by molar-refractivity contribution is 6.33. The monoisotopic (exact) mass is 457 g/mol. The van der Waals surface area contributed by atoms with E-state index >= 15 is 0 Å². The van der Waals surface area contributed by atoms with Gasteiger partial charge in [-0.1, -0.05) is 23.7 Å². The number of likely N-dealkylation sites (N-methyl/N-ethyl adjacent to an activating group) is 1. The minimum Gasteiger partial charge on any atom is -0.493 e. The third-order valence-corrected chi connectivity index (χ3v) is 7.52. The topological polar surface area (TPSA) is 62.8 Å². The van der Waals surface area contributed by atoms with Crippen LogP contribution in [-0.2, 0) is 5.41 Å². The van der Waals surface area contributed by atoms with Gasteiger partial charge in [0.15, 0.2) is 11.5 Å². The van der Waals surface area contributed by atoms with Crippen LogP contribution in [-0.4, -0.2) is 50.8 Å². The summed E-state index contributed by atoms with van der Waals surface area (Å²) in [5, 5.41) is 6.63. The lowest BCUT2D eigenvalue weighted by Gasteiger charge is -2.45. The van der Waals surface area contributed by atoms with E-state index in [9.17, 15) is 4.79 Å². The Balaban J connectivity index is 1.49. The van der Waals surface area contributed by atoms with E-state index in [0.29, 0.717) is 16.8 Å². The number of ether oxygens (including phenoxy) is 2. The average Bonchev–Trinajstić information content (AvgIpc) is 3.13. The van der Waals surface area contributed by atoms with Gasteiger partial charge in [0.1, 0.15) is 0 Å². The van der Waals surface area contributed by atoms with Crippen molar-refractivity contribution in [3.63, 3.8) is 0 Å². The highest BCUT2D eigenvalue weighted by Crippen LogP contribution is 2.49. The van der Waals surface area contributed by atoms with Crippen molar-refractivity contribution in [2.45, 2.75) is 50.1 Å². The number of nitrogens with zero attached hydrogens (tertiary/aromatic N) is 1. The molecule has 32 heavy (non-hydrogen) atoms. The summed E-state index contributed by atoms with van der Waals surface area (Å²) in [5.41, 5.74) is 3.04. The van der Waals surface area contributed by atoms with Crippen LogP contribution in [0.25, 0.3) is 0 Å². The zero-order valence-corrected chi connectivity index (χ0v) is 20.0. The number of halogens is 1. The van der Waals surface area contributed by atoms with Gasteiger partial charge < -0.3 is 25.0 Å². The maximum atomic E-state index is 12.7. The molecule has 0 radical (unpaired) electrons. The van der Waals surface area contributed by atoms with Crippen LogP contribution in [0.5, 0.6) is 11.5 Å². The summed E-state index contributed by atoms with van der Waals surface area (Å²) in [6, 6.07) is 12.2. The molecule has 4 rings (SSSR count). The molecular weight excluding hydrogens is 426 g/mol. The molecule has 1 saturated heterocycles. The van der Waals surface area contributed by atoms with Gasteiger partial charge >= 0.3 is 6.03 Å². The summed E-state index contributed by atoms with van der Waals surface area (Å²) in [6.45, 7) is 3.01. The number of nitrogens with one attached hydrogen (secondary N) is 2. The second-order valence-corrected chi connectivity index (χ2v) is 9.43. The molecule has 0 aromatic heterocycles. The van der Waals surface area contributed by atoms with Crippen molar-refractivity contribution in [3.05, 3.63) is 52.5 Å². The van der Waals surface area contributed by atoms with E-state index in [-0.39, 0.29) is 17.5 Å². The lowest BCUT2D eigenvalue weighted by molar-refractivity contribution is 0.156. The second-order valence-electron chi connectivity index (χ2n) is 9.03. The number of likely N-dealkylation sites (tertiary alicyclic amines) is 1. The number of fused-ring (bicyclic) bond motifs is 1. The van der Waals surface area contributed by atoms with Crippen molar-refractivity contribution in [2.75, 3.05) is 33.1 Å². The van der Waals surface area contributed by atoms with Gasteiger partial charge in [-0.15, -0.1) is 0 Å². The number of carbonyl (C=O) groups excluding carboxylic acids is 1. The smallest absolute Gasteiger partial charge is 0.319 e. The molecule has 2 aromatic rings. The van der Waals surface area contributed by atoms with Gasteiger partial charge in [0.05, 0.1) is 24.9 Å². The molecule has 2 aromatic carbocycles. The van der Waals surface area contributed by atoms with Crippen molar-refractivity contribution < 1.29 is 14.3 Å². The fourth-order valence-electron chi connectivity index (χ4n) is 5.47. The Morgan fingerprint density at radius 2 is 1.91 bits per heavy atom. The fraction of sp³-hybridized carbons (Fsp3) is 0.480. The van der Waals surface area contributed by atoms with Crippen LogP contribution in [0.15, 0.2) is 36.4 Å². The number of hydrogen-bond donors (Lipinski definition) is 2. The van der Waals surface area contributed by atoms with E-state index in [1.807, 2.05) is 25.1 Å². The number of hydrogen-bond acceptors (Lipinski definition) is 4. The minimum atomic E-state index is -0.207. The summed E-state index contributed by atoms with van der Waals surface area (Å²) in [7, 11) is 5.52. The Kier molecular flexibility index (Phi) is 6.54. The molecule has 2 amide bonds. The molecule has 0 spiro atoms. The van der Waals surface area contributed by atoms with Gasteiger partial charge in [0, 0.05) is 17.5 Å². The quantitative estimate of drug-likeness (QED) is 0.664. The van der Waals surface area contributed by atoms with Crippen molar-refractivity contribution in [2.24, 2.45) is 0 Å². The van der Waals surface area contributed by atoms with Gasteiger partial charge in [0.2, 0.25) is 0 Å². The molecule has 0 bridgehead atoms. The van der Waals surface area contributed by atoms with E-state index in [1.54, 1.807) is 20.3 Å². The first kappa shape index (κ1) is 22.7. The Morgan fingerprint density at radius 3 is 2.66 bits per heavy atom. The Bertz CT molecular complexity index is 998. The number of urea groups is 1. The molecule has 1 heterocycles. The molecular formula is C25H32ClN3O3. The molecule has 172 valence electrons. The van der Waals surface area contributed by atoms with Crippen LogP contribution in [0.3, 0.4) is 0 Å². The van der Waals surface area contributed by atoms with Crippen LogP contribution in [0.2, 0.25) is 5.02 Å². The number of methoxy groups -OCH3 is 2. The Labute approximate surface area is 195 Å². The third kappa shape index (κ3) is 4.26. The number of carbonyl (C=O) groups is 1. The van der Waals surface area contributed by atoms with Crippen LogP contribution in [0.1, 0.15) is 36.8 Å². The molecule has 3 atom stereocenters. The van der Waals surface area contributed by atoms with Gasteiger partial charge in [-0.25, -0.2) is 4.79 Å². The molecule has 6 nitrogen and oxygen atoms in total. The largest absolute Gasteiger partial charge is 0.493 e. The minimum absolute atomic E-state index is 0.0583. The van der Waals surface area contributed by atoms with Crippen LogP contribution < -0.4 is 20.1 Å². The SMILES string of the molecule is COc1ccc([C@@]23CC[C@@H](NC(=O)Nc4cc(C)ccc4Cl)C[C@@H]2N(C)CC3)cc1OC. The molecule has 2 N–H and O–H groups in total. The maximum absolute atomic E-state index is 12.7. The first-order chi connectivity index (χ1) is 15.4. The number of rotatable bonds is 5. The highest BCUT2D eigenvalue weighted by Gasteiger charge is 2.50. The first-order valence-electron chi connectivity index (χ1n) is 11.1. The van der Waals surface area contributed by atoms with Crippen molar-refractivity contribution in [1.82, 2.24) is 10.2 Å². The first-order valence-corrected chi connectivity index (χ1v) is 11.5. The summed E-state index contributed by atoms with van der Waals surface area (Å²) < 4.78 is 11.0. The van der Waals surface area contributed by atoms with Crippen molar-refractivity contribution in [3.8, 4) is 11.5 Å². The molecule has 0 unspecified atom stereocenters. The summed E-state index contributed by atoms with van der Waals surface area (Å²) in [5.74, 6) is 1.51. The normalized spacial score (nSPS) is 25.2. The zero-order valence-electron chi connectivity index (χ0n) is 19.2. The predicted octanol–water partition coefficient (Wildman–Crippen LogP) is 4.98. The highest BCUT2D eigenvalue weighted by atomic mass is 35.5.